The van der Waals surface area contributed by atoms with Crippen LogP contribution in [0.15, 0.2) is 145 Å². The number of hydrogen-bond acceptors (Lipinski definition) is 1. The molecule has 0 bridgehead atoms. The Morgan fingerprint density at radius 1 is 0.500 bits per heavy atom. The Morgan fingerprint density at radius 3 is 1.34 bits per heavy atom. The Kier molecular flexibility index (Phi) is 6.59. The number of allylic oxidation sites excluding steroid dienone is 2. The van der Waals surface area contributed by atoms with Gasteiger partial charge in [0.1, 0.15) is 0 Å². The SMILES string of the molecule is C1=CC(P(c2ccccc2)c2ccccc2)=CN(P(c2ccccc2)c2ccccc2)C1. The van der Waals surface area contributed by atoms with Crippen molar-refractivity contribution in [2.75, 3.05) is 6.54 Å². The number of hydrogen-bond donors (Lipinski definition) is 0. The molecule has 32 heavy (non-hydrogen) atoms. The van der Waals surface area contributed by atoms with Gasteiger partial charge < -0.3 is 4.67 Å². The van der Waals surface area contributed by atoms with Crippen LogP contribution in [-0.4, -0.2) is 11.2 Å². The molecule has 4 aromatic rings. The van der Waals surface area contributed by atoms with Crippen LogP contribution in [0.4, 0.5) is 0 Å². The summed E-state index contributed by atoms with van der Waals surface area (Å²) >= 11 is 0. The first kappa shape index (κ1) is 20.9. The highest BCUT2D eigenvalue weighted by molar-refractivity contribution is 7.77. The van der Waals surface area contributed by atoms with E-state index < -0.39 is 16.0 Å². The fraction of sp³-hybridized carbons (Fsp3) is 0.0345. The van der Waals surface area contributed by atoms with Gasteiger partial charge in [0.2, 0.25) is 0 Å². The maximum atomic E-state index is 2.55. The van der Waals surface area contributed by atoms with Crippen LogP contribution in [0.25, 0.3) is 0 Å². The molecular formula is C29H25NP2. The van der Waals surface area contributed by atoms with E-state index in [0.29, 0.717) is 0 Å². The van der Waals surface area contributed by atoms with Crippen LogP contribution in [0, 0.1) is 0 Å². The zero-order chi connectivity index (χ0) is 21.6. The Bertz CT molecular complexity index is 1110. The predicted molar refractivity (Wildman–Crippen MR) is 142 cm³/mol. The summed E-state index contributed by atoms with van der Waals surface area (Å²) in [5.41, 5.74) is 0. The Labute approximate surface area is 193 Å². The lowest BCUT2D eigenvalue weighted by Gasteiger charge is -2.34. The molecule has 156 valence electrons. The van der Waals surface area contributed by atoms with Crippen molar-refractivity contribution in [3.8, 4) is 0 Å². The van der Waals surface area contributed by atoms with Crippen molar-refractivity contribution in [3.05, 3.63) is 145 Å². The molecule has 0 atom stereocenters. The van der Waals surface area contributed by atoms with E-state index in [2.05, 4.69) is 144 Å². The Morgan fingerprint density at radius 2 is 0.906 bits per heavy atom. The van der Waals surface area contributed by atoms with Gasteiger partial charge in [0, 0.05) is 28.7 Å². The molecule has 1 heterocycles. The molecule has 0 aromatic heterocycles. The van der Waals surface area contributed by atoms with Gasteiger partial charge in [0.25, 0.3) is 0 Å². The maximum Gasteiger partial charge on any atom is 0.0548 e. The van der Waals surface area contributed by atoms with E-state index in [9.17, 15) is 0 Å². The van der Waals surface area contributed by atoms with E-state index in [1.807, 2.05) is 0 Å². The first-order chi connectivity index (χ1) is 15.9. The molecule has 0 N–H and O–H groups in total. The smallest absolute Gasteiger partial charge is 0.0548 e. The van der Waals surface area contributed by atoms with Crippen molar-refractivity contribution in [2.45, 2.75) is 0 Å². The topological polar surface area (TPSA) is 3.24 Å². The summed E-state index contributed by atoms with van der Waals surface area (Å²) in [6.45, 7) is 0.922. The van der Waals surface area contributed by atoms with Gasteiger partial charge in [0.15, 0.2) is 0 Å². The van der Waals surface area contributed by atoms with Crippen LogP contribution in [0.3, 0.4) is 0 Å². The van der Waals surface area contributed by atoms with Crippen molar-refractivity contribution in [2.24, 2.45) is 0 Å². The third-order valence-corrected chi connectivity index (χ3v) is 10.2. The molecule has 3 heteroatoms. The normalized spacial score (nSPS) is 13.4. The molecule has 0 radical (unpaired) electrons. The highest BCUT2D eigenvalue weighted by Gasteiger charge is 2.25. The van der Waals surface area contributed by atoms with Gasteiger partial charge in [-0.3, -0.25) is 0 Å². The van der Waals surface area contributed by atoms with Gasteiger partial charge in [-0.05, 0) is 18.5 Å². The maximum absolute atomic E-state index is 2.55. The molecule has 0 fully saturated rings. The monoisotopic (exact) mass is 449 g/mol. The van der Waals surface area contributed by atoms with Gasteiger partial charge in [-0.2, -0.15) is 0 Å². The van der Waals surface area contributed by atoms with Crippen molar-refractivity contribution in [1.29, 1.82) is 0 Å². The van der Waals surface area contributed by atoms with Gasteiger partial charge >= 0.3 is 0 Å². The van der Waals surface area contributed by atoms with Gasteiger partial charge in [-0.25, -0.2) is 0 Å². The summed E-state index contributed by atoms with van der Waals surface area (Å²) in [7, 11) is -1.26. The molecule has 0 saturated carbocycles. The van der Waals surface area contributed by atoms with Gasteiger partial charge in [-0.1, -0.05) is 133 Å². The molecule has 0 spiro atoms. The van der Waals surface area contributed by atoms with Crippen molar-refractivity contribution < 1.29 is 0 Å². The summed E-state index contributed by atoms with van der Waals surface area (Å²) in [4.78, 5) is 0. The second-order valence-electron chi connectivity index (χ2n) is 7.57. The summed E-state index contributed by atoms with van der Waals surface area (Å²) in [6, 6.07) is 43.7. The molecule has 1 aliphatic heterocycles. The zero-order valence-electron chi connectivity index (χ0n) is 17.8. The summed E-state index contributed by atoms with van der Waals surface area (Å²) in [5, 5.41) is 6.92. The first-order valence-electron chi connectivity index (χ1n) is 10.9. The van der Waals surface area contributed by atoms with Crippen LogP contribution in [0.5, 0.6) is 0 Å². The molecule has 4 aromatic carbocycles. The van der Waals surface area contributed by atoms with E-state index in [0.717, 1.165) is 6.54 Å². The molecule has 0 amide bonds. The minimum atomic E-state index is -0.642. The number of benzene rings is 4. The van der Waals surface area contributed by atoms with Crippen LogP contribution >= 0.6 is 16.0 Å². The molecule has 0 unspecified atom stereocenters. The average molecular weight is 449 g/mol. The largest absolute Gasteiger partial charge is 0.345 e. The van der Waals surface area contributed by atoms with Crippen LogP contribution in [0.2, 0.25) is 0 Å². The van der Waals surface area contributed by atoms with Crippen molar-refractivity contribution in [1.82, 2.24) is 4.67 Å². The fourth-order valence-corrected chi connectivity index (χ4v) is 8.72. The average Bonchev–Trinajstić information content (AvgIpc) is 2.87. The van der Waals surface area contributed by atoms with Gasteiger partial charge in [-0.15, -0.1) is 0 Å². The lowest BCUT2D eigenvalue weighted by Crippen LogP contribution is -2.27. The van der Waals surface area contributed by atoms with Crippen LogP contribution in [0.1, 0.15) is 0 Å². The van der Waals surface area contributed by atoms with Crippen LogP contribution < -0.4 is 21.2 Å². The third kappa shape index (κ3) is 4.61. The molecular weight excluding hydrogens is 424 g/mol. The van der Waals surface area contributed by atoms with E-state index in [1.54, 1.807) is 0 Å². The van der Waals surface area contributed by atoms with Crippen LogP contribution in [-0.2, 0) is 0 Å². The second-order valence-corrected chi connectivity index (χ2v) is 12.0. The van der Waals surface area contributed by atoms with Crippen molar-refractivity contribution in [3.63, 3.8) is 0 Å². The van der Waals surface area contributed by atoms with Gasteiger partial charge in [0.05, 0.1) is 8.07 Å². The summed E-state index contributed by atoms with van der Waals surface area (Å²) in [6.07, 6.45) is 7.10. The molecule has 0 aliphatic carbocycles. The van der Waals surface area contributed by atoms with E-state index in [1.165, 1.54) is 26.5 Å². The van der Waals surface area contributed by atoms with E-state index >= 15 is 0 Å². The lowest BCUT2D eigenvalue weighted by molar-refractivity contribution is 0.675. The van der Waals surface area contributed by atoms with Crippen molar-refractivity contribution >= 4 is 37.2 Å². The number of rotatable bonds is 6. The minimum absolute atomic E-state index is 0.615. The van der Waals surface area contributed by atoms with E-state index in [4.69, 9.17) is 0 Å². The lowest BCUT2D eigenvalue weighted by atomic mass is 10.4. The standard InChI is InChI=1S/C29H25NP2/c1-5-14-25(15-6-1)31(26-16-7-2-8-17-26)29-22-13-23-30(24-29)32(27-18-9-3-10-19-27)28-20-11-4-12-21-28/h1-22,24H,23H2. The third-order valence-electron chi connectivity index (χ3n) is 5.41. The minimum Gasteiger partial charge on any atom is -0.345 e. The molecule has 0 saturated heterocycles. The first-order valence-corrected chi connectivity index (χ1v) is 13.5. The highest BCUT2D eigenvalue weighted by Crippen LogP contribution is 2.48. The quantitative estimate of drug-likeness (QED) is 0.332. The highest BCUT2D eigenvalue weighted by atomic mass is 31.1. The molecule has 1 aliphatic rings. The Hall–Kier alpha value is -2.98. The zero-order valence-corrected chi connectivity index (χ0v) is 19.6. The second kappa shape index (κ2) is 10.1. The number of nitrogens with zero attached hydrogens (tertiary/aromatic N) is 1. The summed E-state index contributed by atoms with van der Waals surface area (Å²) in [5.74, 6) is 0. The van der Waals surface area contributed by atoms with E-state index in [-0.39, 0.29) is 0 Å². The summed E-state index contributed by atoms with van der Waals surface area (Å²) < 4.78 is 2.55. The Balaban J connectivity index is 1.59. The molecule has 5 rings (SSSR count). The fourth-order valence-electron chi connectivity index (χ4n) is 3.99. The predicted octanol–water partition coefficient (Wildman–Crippen LogP) is 5.88. The molecule has 1 nitrogen and oxygen atoms in total.